The van der Waals surface area contributed by atoms with E-state index in [1.54, 1.807) is 28.6 Å². The van der Waals surface area contributed by atoms with Crippen molar-refractivity contribution in [3.63, 3.8) is 0 Å². The van der Waals surface area contributed by atoms with Gasteiger partial charge in [-0.2, -0.15) is 16.9 Å². The molecule has 1 amide bonds. The smallest absolute Gasteiger partial charge is 0.251 e. The van der Waals surface area contributed by atoms with E-state index < -0.39 is 0 Å². The number of hydrogen-bond acceptors (Lipinski definition) is 4. The molecule has 1 aromatic carbocycles. The molecule has 0 atom stereocenters. The van der Waals surface area contributed by atoms with Crippen LogP contribution in [0.4, 0.5) is 10.2 Å². The second kappa shape index (κ2) is 5.87. The van der Waals surface area contributed by atoms with Gasteiger partial charge in [-0.3, -0.25) is 4.79 Å². The number of anilines is 1. The first kappa shape index (κ1) is 14.1. The molecule has 1 aliphatic heterocycles. The highest BCUT2D eigenvalue weighted by Crippen LogP contribution is 2.36. The first-order chi connectivity index (χ1) is 10.2. The van der Waals surface area contributed by atoms with Crippen LogP contribution in [0.3, 0.4) is 0 Å². The number of nitrogens with one attached hydrogen (secondary N) is 1. The Morgan fingerprint density at radius 2 is 2.19 bits per heavy atom. The lowest BCUT2D eigenvalue weighted by molar-refractivity contribution is -0.119. The lowest BCUT2D eigenvalue weighted by Gasteiger charge is -2.10. The number of aromatic nitrogens is 2. The van der Waals surface area contributed by atoms with E-state index in [4.69, 9.17) is 4.74 Å². The summed E-state index contributed by atoms with van der Waals surface area (Å²) >= 11 is 1.75. The minimum Gasteiger partial charge on any atom is -0.375 e. The summed E-state index contributed by atoms with van der Waals surface area (Å²) in [4.78, 5) is 11.8. The molecular weight excluding hydrogens is 293 g/mol. The maximum absolute atomic E-state index is 13.1. The summed E-state index contributed by atoms with van der Waals surface area (Å²) in [6, 6.07) is 6.02. The number of halogens is 1. The number of carbonyl (C=O) groups is 1. The Kier molecular flexibility index (Phi) is 3.94. The summed E-state index contributed by atoms with van der Waals surface area (Å²) in [5.41, 5.74) is 2.69. The fourth-order valence-electron chi connectivity index (χ4n) is 2.21. The number of ether oxygens (including phenoxy) is 1. The minimum absolute atomic E-state index is 0.0173. The van der Waals surface area contributed by atoms with Crippen LogP contribution in [0.15, 0.2) is 24.3 Å². The van der Waals surface area contributed by atoms with Crippen LogP contribution in [0.5, 0.6) is 0 Å². The third-order valence-corrected chi connectivity index (χ3v) is 4.13. The predicted molar refractivity (Wildman–Crippen MR) is 79.0 cm³/mol. The van der Waals surface area contributed by atoms with Crippen molar-refractivity contribution < 1.29 is 13.9 Å². The Balaban J connectivity index is 2.00. The molecule has 1 aromatic heterocycles. The molecule has 1 N–H and O–H groups in total. The normalized spacial score (nSPS) is 13.2. The molecule has 0 saturated heterocycles. The summed E-state index contributed by atoms with van der Waals surface area (Å²) in [7, 11) is 1.47. The molecule has 0 bridgehead atoms. The molecule has 0 fully saturated rings. The van der Waals surface area contributed by atoms with Crippen molar-refractivity contribution in [2.45, 2.75) is 11.5 Å². The Labute approximate surface area is 125 Å². The molecule has 0 unspecified atom stereocenters. The van der Waals surface area contributed by atoms with Crippen molar-refractivity contribution in [2.24, 2.45) is 0 Å². The van der Waals surface area contributed by atoms with Gasteiger partial charge in [-0.05, 0) is 24.3 Å². The zero-order valence-electron chi connectivity index (χ0n) is 11.4. The molecule has 0 spiro atoms. The second-order valence-corrected chi connectivity index (χ2v) is 5.62. The van der Waals surface area contributed by atoms with Gasteiger partial charge in [0.15, 0.2) is 0 Å². The first-order valence-electron chi connectivity index (χ1n) is 6.42. The fraction of sp³-hybridized carbons (Fsp3) is 0.286. The molecule has 5 nitrogen and oxygen atoms in total. The predicted octanol–water partition coefficient (Wildman–Crippen LogP) is 2.34. The highest BCUT2D eigenvalue weighted by atomic mass is 32.2. The van der Waals surface area contributed by atoms with Crippen LogP contribution in [0.2, 0.25) is 0 Å². The van der Waals surface area contributed by atoms with Gasteiger partial charge in [0.2, 0.25) is 0 Å². The van der Waals surface area contributed by atoms with Crippen LogP contribution in [0.25, 0.3) is 5.69 Å². The van der Waals surface area contributed by atoms with E-state index in [1.165, 1.54) is 19.2 Å². The maximum Gasteiger partial charge on any atom is 0.251 e. The number of rotatable bonds is 4. The van der Waals surface area contributed by atoms with Gasteiger partial charge in [0.25, 0.3) is 5.91 Å². The van der Waals surface area contributed by atoms with Gasteiger partial charge in [-0.25, -0.2) is 9.07 Å². The van der Waals surface area contributed by atoms with Crippen LogP contribution in [-0.2, 0) is 21.0 Å². The number of carbonyl (C=O) groups excluding carboxylic acids is 1. The number of amides is 1. The zero-order chi connectivity index (χ0) is 14.8. The molecule has 7 heteroatoms. The maximum atomic E-state index is 13.1. The summed E-state index contributed by atoms with van der Waals surface area (Å²) in [6.07, 6.45) is 0. The number of thioether (sulfide) groups is 1. The molecule has 2 heterocycles. The number of nitrogens with zero attached hydrogens (tertiary/aromatic N) is 2. The molecule has 110 valence electrons. The molecule has 0 aliphatic carbocycles. The van der Waals surface area contributed by atoms with Gasteiger partial charge in [-0.15, -0.1) is 0 Å². The Morgan fingerprint density at radius 1 is 1.43 bits per heavy atom. The lowest BCUT2D eigenvalue weighted by atomic mass is 10.2. The average molecular weight is 307 g/mol. The van der Waals surface area contributed by atoms with Crippen molar-refractivity contribution in [1.29, 1.82) is 0 Å². The summed E-state index contributed by atoms with van der Waals surface area (Å²) in [5, 5.41) is 7.36. The number of fused-ring (bicyclic) bond motifs is 1. The van der Waals surface area contributed by atoms with Crippen LogP contribution < -0.4 is 5.32 Å². The number of hydrogen-bond donors (Lipinski definition) is 1. The van der Waals surface area contributed by atoms with Gasteiger partial charge in [0, 0.05) is 24.2 Å². The van der Waals surface area contributed by atoms with Gasteiger partial charge in [-0.1, -0.05) is 0 Å². The first-order valence-corrected chi connectivity index (χ1v) is 7.57. The topological polar surface area (TPSA) is 56.1 Å². The van der Waals surface area contributed by atoms with Crippen LogP contribution in [0, 0.1) is 5.82 Å². The van der Waals surface area contributed by atoms with Crippen molar-refractivity contribution in [3.8, 4) is 5.69 Å². The van der Waals surface area contributed by atoms with Crippen molar-refractivity contribution in [1.82, 2.24) is 9.78 Å². The van der Waals surface area contributed by atoms with E-state index in [-0.39, 0.29) is 18.3 Å². The molecule has 1 aliphatic rings. The Hall–Kier alpha value is -1.86. The minimum atomic E-state index is -0.307. The van der Waals surface area contributed by atoms with Gasteiger partial charge in [0.05, 0.1) is 11.4 Å². The monoisotopic (exact) mass is 307 g/mol. The van der Waals surface area contributed by atoms with E-state index in [1.807, 2.05) is 0 Å². The summed E-state index contributed by atoms with van der Waals surface area (Å²) in [5.74, 6) is 1.72. The van der Waals surface area contributed by atoms with E-state index in [2.05, 4.69) is 10.4 Å². The third-order valence-electron chi connectivity index (χ3n) is 3.16. The quantitative estimate of drug-likeness (QED) is 0.942. The Morgan fingerprint density at radius 3 is 2.90 bits per heavy atom. The Bertz CT molecular complexity index is 670. The molecule has 2 aromatic rings. The standard InChI is InChI=1S/C14H14FN3O2S/c1-20-6-13(19)16-14-11-7-21-8-12(11)17-18(14)10-4-2-9(15)3-5-10/h2-5H,6-8H2,1H3,(H,16,19). The lowest BCUT2D eigenvalue weighted by Crippen LogP contribution is -2.20. The fourth-order valence-corrected chi connectivity index (χ4v) is 3.24. The van der Waals surface area contributed by atoms with Crippen LogP contribution in [0.1, 0.15) is 11.3 Å². The summed E-state index contributed by atoms with van der Waals surface area (Å²) < 4.78 is 19.5. The SMILES string of the molecule is COCC(=O)Nc1c2c(nn1-c1ccc(F)cc1)CSC2. The van der Waals surface area contributed by atoms with Crippen molar-refractivity contribution >= 4 is 23.5 Å². The largest absolute Gasteiger partial charge is 0.375 e. The number of methoxy groups -OCH3 is 1. The van der Waals surface area contributed by atoms with Gasteiger partial charge >= 0.3 is 0 Å². The molecular formula is C14H14FN3O2S. The highest BCUT2D eigenvalue weighted by Gasteiger charge is 2.24. The number of benzene rings is 1. The van der Waals surface area contributed by atoms with Gasteiger partial charge in [0.1, 0.15) is 18.2 Å². The van der Waals surface area contributed by atoms with E-state index in [9.17, 15) is 9.18 Å². The molecule has 0 radical (unpaired) electrons. The zero-order valence-corrected chi connectivity index (χ0v) is 12.2. The van der Waals surface area contributed by atoms with Crippen molar-refractivity contribution in [2.75, 3.05) is 19.0 Å². The van der Waals surface area contributed by atoms with E-state index >= 15 is 0 Å². The second-order valence-electron chi connectivity index (χ2n) is 4.64. The van der Waals surface area contributed by atoms with Gasteiger partial charge < -0.3 is 10.1 Å². The summed E-state index contributed by atoms with van der Waals surface area (Å²) in [6.45, 7) is -0.0173. The van der Waals surface area contributed by atoms with E-state index in [0.29, 0.717) is 11.5 Å². The highest BCUT2D eigenvalue weighted by molar-refractivity contribution is 7.98. The van der Waals surface area contributed by atoms with Crippen LogP contribution in [-0.4, -0.2) is 29.4 Å². The van der Waals surface area contributed by atoms with Crippen LogP contribution >= 0.6 is 11.8 Å². The molecule has 0 saturated carbocycles. The average Bonchev–Trinajstić information content (AvgIpc) is 3.03. The third kappa shape index (κ3) is 2.79. The molecule has 21 heavy (non-hydrogen) atoms. The van der Waals surface area contributed by atoms with Crippen molar-refractivity contribution in [3.05, 3.63) is 41.3 Å². The molecule has 3 rings (SSSR count). The van der Waals surface area contributed by atoms with E-state index in [0.717, 1.165) is 22.8 Å².